The maximum Gasteiger partial charge on any atom is 0.240 e. The number of fused-ring (bicyclic) bond motifs is 1. The van der Waals surface area contributed by atoms with E-state index in [1.165, 1.54) is 0 Å². The van der Waals surface area contributed by atoms with Gasteiger partial charge in [-0.25, -0.2) is 13.1 Å². The number of anilines is 1. The van der Waals surface area contributed by atoms with Gasteiger partial charge >= 0.3 is 0 Å². The van der Waals surface area contributed by atoms with Gasteiger partial charge in [-0.2, -0.15) is 5.10 Å². The van der Waals surface area contributed by atoms with Crippen LogP contribution < -0.4 is 9.62 Å². The minimum atomic E-state index is -3.61. The van der Waals surface area contributed by atoms with Crippen molar-refractivity contribution in [2.45, 2.75) is 56.5 Å². The zero-order valence-electron chi connectivity index (χ0n) is 15.1. The first-order chi connectivity index (χ1) is 13.0. The molecular weight excluding hydrogens is 364 g/mol. The summed E-state index contributed by atoms with van der Waals surface area (Å²) in [6.07, 6.45) is 6.74. The summed E-state index contributed by atoms with van der Waals surface area (Å²) in [6.45, 7) is 1.82. The van der Waals surface area contributed by atoms with Gasteiger partial charge in [-0.05, 0) is 55.4 Å². The van der Waals surface area contributed by atoms with Gasteiger partial charge in [0.1, 0.15) is 0 Å². The minimum absolute atomic E-state index is 0.140. The maximum atomic E-state index is 12.9. The molecule has 142 valence electrons. The van der Waals surface area contributed by atoms with Crippen LogP contribution >= 0.6 is 0 Å². The van der Waals surface area contributed by atoms with Crippen molar-refractivity contribution in [3.63, 3.8) is 0 Å². The van der Waals surface area contributed by atoms with Gasteiger partial charge in [0.25, 0.3) is 0 Å². The Bertz CT molecular complexity index is 1040. The molecule has 0 saturated carbocycles. The summed E-state index contributed by atoms with van der Waals surface area (Å²) in [5.41, 5.74) is 4.97. The summed E-state index contributed by atoms with van der Waals surface area (Å²) in [6, 6.07) is 3.46. The molecule has 0 radical (unpaired) electrons. The average molecular weight is 386 g/mol. The number of rotatable bonds is 4. The topological polar surface area (TPSA) is 84.3 Å². The second-order valence-electron chi connectivity index (χ2n) is 7.51. The number of hydrogen-bond acceptors (Lipinski definition) is 4. The van der Waals surface area contributed by atoms with Gasteiger partial charge in [0.15, 0.2) is 0 Å². The van der Waals surface area contributed by atoms with Crippen LogP contribution in [-0.4, -0.2) is 30.7 Å². The van der Waals surface area contributed by atoms with Crippen molar-refractivity contribution in [2.24, 2.45) is 0 Å². The third-order valence-corrected chi connectivity index (χ3v) is 7.24. The molecule has 3 aliphatic heterocycles. The highest BCUT2D eigenvalue weighted by Crippen LogP contribution is 2.38. The first-order valence-corrected chi connectivity index (χ1v) is 11.0. The minimum Gasteiger partial charge on any atom is -0.312 e. The van der Waals surface area contributed by atoms with Gasteiger partial charge < -0.3 is 4.90 Å². The summed E-state index contributed by atoms with van der Waals surface area (Å²) in [5.74, 6) is 0.140. The van der Waals surface area contributed by atoms with E-state index in [9.17, 15) is 13.2 Å². The van der Waals surface area contributed by atoms with E-state index in [1.54, 1.807) is 23.2 Å². The van der Waals surface area contributed by atoms with Gasteiger partial charge in [0.05, 0.1) is 16.8 Å². The molecule has 0 spiro atoms. The molecule has 5 rings (SSSR count). The third-order valence-electron chi connectivity index (χ3n) is 5.86. The molecule has 0 unspecified atom stereocenters. The largest absolute Gasteiger partial charge is 0.312 e. The number of sulfonamides is 1. The molecule has 27 heavy (non-hydrogen) atoms. The van der Waals surface area contributed by atoms with Gasteiger partial charge in [0.2, 0.25) is 15.9 Å². The van der Waals surface area contributed by atoms with Crippen LogP contribution in [0, 0.1) is 0 Å². The predicted octanol–water partition coefficient (Wildman–Crippen LogP) is 1.53. The van der Waals surface area contributed by atoms with E-state index in [1.807, 2.05) is 4.68 Å². The summed E-state index contributed by atoms with van der Waals surface area (Å²) < 4.78 is 30.5. The number of aryl methyl sites for hydroxylation is 2. The van der Waals surface area contributed by atoms with Gasteiger partial charge in [-0.1, -0.05) is 0 Å². The number of benzene rings is 1. The predicted molar refractivity (Wildman–Crippen MR) is 100 cm³/mol. The van der Waals surface area contributed by atoms with Crippen LogP contribution in [0.4, 0.5) is 5.69 Å². The Kier molecular flexibility index (Phi) is 3.87. The Balaban J connectivity index is 1.41. The van der Waals surface area contributed by atoms with E-state index in [0.29, 0.717) is 30.7 Å². The van der Waals surface area contributed by atoms with E-state index in [0.717, 1.165) is 53.9 Å². The van der Waals surface area contributed by atoms with Crippen LogP contribution in [0.25, 0.3) is 0 Å². The van der Waals surface area contributed by atoms with Gasteiger partial charge in [0, 0.05) is 37.3 Å². The van der Waals surface area contributed by atoms with Crippen LogP contribution in [0.15, 0.2) is 23.2 Å². The van der Waals surface area contributed by atoms with E-state index in [2.05, 4.69) is 9.82 Å². The van der Waals surface area contributed by atoms with Crippen molar-refractivity contribution in [1.82, 2.24) is 14.5 Å². The first-order valence-electron chi connectivity index (χ1n) is 9.52. The maximum absolute atomic E-state index is 12.9. The number of amides is 1. The van der Waals surface area contributed by atoms with Crippen LogP contribution in [0.5, 0.6) is 0 Å². The van der Waals surface area contributed by atoms with Crippen molar-refractivity contribution in [1.29, 1.82) is 0 Å². The van der Waals surface area contributed by atoms with E-state index in [4.69, 9.17) is 0 Å². The fraction of sp³-hybridized carbons (Fsp3) is 0.474. The zero-order valence-corrected chi connectivity index (χ0v) is 15.9. The number of nitrogens with one attached hydrogen (secondary N) is 1. The van der Waals surface area contributed by atoms with Crippen LogP contribution in [0.3, 0.4) is 0 Å². The smallest absolute Gasteiger partial charge is 0.240 e. The molecule has 1 amide bonds. The number of nitrogens with zero attached hydrogens (tertiary/aromatic N) is 3. The Morgan fingerprint density at radius 2 is 1.85 bits per heavy atom. The quantitative estimate of drug-likeness (QED) is 0.864. The molecule has 0 saturated heterocycles. The third kappa shape index (κ3) is 2.78. The number of hydrogen-bond donors (Lipinski definition) is 1. The highest BCUT2D eigenvalue weighted by atomic mass is 32.2. The summed E-state index contributed by atoms with van der Waals surface area (Å²) in [7, 11) is -3.61. The molecular formula is C19H22N4O3S. The van der Waals surface area contributed by atoms with E-state index in [-0.39, 0.29) is 12.5 Å². The lowest BCUT2D eigenvalue weighted by atomic mass is 10.00. The average Bonchev–Trinajstić information content (AvgIpc) is 3.28. The second kappa shape index (κ2) is 6.17. The SMILES string of the molecule is O=C1CCc2cc(S(=O)(=O)NCc3cnn4c3CCCC4)cc3c2N1CC3. The summed E-state index contributed by atoms with van der Waals surface area (Å²) >= 11 is 0. The van der Waals surface area contributed by atoms with Crippen molar-refractivity contribution in [2.75, 3.05) is 11.4 Å². The lowest BCUT2D eigenvalue weighted by Crippen LogP contribution is -2.33. The molecule has 2 aromatic rings. The number of aromatic nitrogens is 2. The lowest BCUT2D eigenvalue weighted by Gasteiger charge is -2.25. The van der Waals surface area contributed by atoms with Crippen LogP contribution in [-0.2, 0) is 47.2 Å². The van der Waals surface area contributed by atoms with Crippen LogP contribution in [0.1, 0.15) is 41.6 Å². The Hall–Kier alpha value is -2.19. The van der Waals surface area contributed by atoms with Crippen molar-refractivity contribution in [3.8, 4) is 0 Å². The molecule has 7 nitrogen and oxygen atoms in total. The zero-order chi connectivity index (χ0) is 18.6. The first kappa shape index (κ1) is 16.9. The van der Waals surface area contributed by atoms with Crippen molar-refractivity contribution in [3.05, 3.63) is 40.7 Å². The van der Waals surface area contributed by atoms with E-state index >= 15 is 0 Å². The summed E-state index contributed by atoms with van der Waals surface area (Å²) in [4.78, 5) is 14.1. The molecule has 0 fully saturated rings. The molecule has 1 N–H and O–H groups in total. The fourth-order valence-electron chi connectivity index (χ4n) is 4.47. The normalized spacial score (nSPS) is 18.5. The fourth-order valence-corrected chi connectivity index (χ4v) is 5.58. The van der Waals surface area contributed by atoms with Crippen molar-refractivity contribution < 1.29 is 13.2 Å². The summed E-state index contributed by atoms with van der Waals surface area (Å²) in [5, 5.41) is 4.37. The monoisotopic (exact) mass is 386 g/mol. The number of carbonyl (C=O) groups excluding carboxylic acids is 1. The molecule has 8 heteroatoms. The Morgan fingerprint density at radius 1 is 1.04 bits per heavy atom. The Morgan fingerprint density at radius 3 is 2.70 bits per heavy atom. The van der Waals surface area contributed by atoms with Crippen molar-refractivity contribution >= 4 is 21.6 Å². The molecule has 0 atom stereocenters. The highest BCUT2D eigenvalue weighted by molar-refractivity contribution is 7.89. The van der Waals surface area contributed by atoms with Gasteiger partial charge in [-0.15, -0.1) is 0 Å². The number of carbonyl (C=O) groups is 1. The Labute approximate surface area is 158 Å². The molecule has 0 aliphatic carbocycles. The molecule has 0 bridgehead atoms. The van der Waals surface area contributed by atoms with Gasteiger partial charge in [-0.3, -0.25) is 9.48 Å². The van der Waals surface area contributed by atoms with E-state index < -0.39 is 10.0 Å². The lowest BCUT2D eigenvalue weighted by molar-refractivity contribution is -0.118. The highest BCUT2D eigenvalue weighted by Gasteiger charge is 2.33. The molecule has 1 aromatic heterocycles. The molecule has 1 aromatic carbocycles. The molecule has 4 heterocycles. The molecule has 3 aliphatic rings. The standard InChI is InChI=1S/C19H22N4O3S/c24-18-5-4-13-9-16(10-14-6-8-22(18)19(13)14)27(25,26)21-12-15-11-20-23-7-2-1-3-17(15)23/h9-11,21H,1-8,12H2. The second-order valence-corrected chi connectivity index (χ2v) is 9.27. The van der Waals surface area contributed by atoms with Crippen LogP contribution in [0.2, 0.25) is 0 Å².